The molecule has 1 aromatic heterocycles. The maximum atomic E-state index is 13.4. The Hall–Kier alpha value is -1.93. The van der Waals surface area contributed by atoms with E-state index in [-0.39, 0.29) is 25.1 Å². The summed E-state index contributed by atoms with van der Waals surface area (Å²) in [7, 11) is 0. The van der Waals surface area contributed by atoms with Crippen molar-refractivity contribution >= 4 is 17.2 Å². The monoisotopic (exact) mass is 488 g/mol. The Morgan fingerprint density at radius 1 is 1.26 bits per heavy atom. The lowest BCUT2D eigenvalue weighted by Crippen LogP contribution is -2.48. The molecule has 3 rings (SSSR count). The predicted octanol–water partition coefficient (Wildman–Crippen LogP) is 4.23. The van der Waals surface area contributed by atoms with E-state index in [9.17, 15) is 9.90 Å². The van der Waals surface area contributed by atoms with Gasteiger partial charge in [0.15, 0.2) is 0 Å². The second kappa shape index (κ2) is 12.7. The predicted molar refractivity (Wildman–Crippen MR) is 138 cm³/mol. The van der Waals surface area contributed by atoms with E-state index in [0.717, 1.165) is 17.7 Å². The minimum Gasteiger partial charge on any atom is -0.491 e. The van der Waals surface area contributed by atoms with Crippen LogP contribution >= 0.6 is 11.3 Å². The van der Waals surface area contributed by atoms with Crippen LogP contribution in [0.2, 0.25) is 0 Å². The summed E-state index contributed by atoms with van der Waals surface area (Å²) in [4.78, 5) is 18.7. The summed E-state index contributed by atoms with van der Waals surface area (Å²) in [5.41, 5.74) is 3.50. The van der Waals surface area contributed by atoms with Gasteiger partial charge in [-0.15, -0.1) is 11.3 Å². The Morgan fingerprint density at radius 2 is 2.06 bits per heavy atom. The van der Waals surface area contributed by atoms with Crippen molar-refractivity contribution in [1.82, 2.24) is 9.80 Å². The number of thiophene rings is 1. The molecule has 6 nitrogen and oxygen atoms in total. The molecule has 1 amide bonds. The summed E-state index contributed by atoms with van der Waals surface area (Å²) >= 11 is 1.76. The summed E-state index contributed by atoms with van der Waals surface area (Å²) in [6.07, 6.45) is 0.260. The number of amides is 1. The highest BCUT2D eigenvalue weighted by Gasteiger charge is 2.33. The normalized spacial score (nSPS) is 16.7. The third kappa shape index (κ3) is 7.28. The van der Waals surface area contributed by atoms with Gasteiger partial charge in [-0.2, -0.15) is 0 Å². The number of hydrogen-bond acceptors (Lipinski definition) is 6. The van der Waals surface area contributed by atoms with Crippen molar-refractivity contribution in [2.24, 2.45) is 5.92 Å². The average Bonchev–Trinajstić information content (AvgIpc) is 3.26. The molecule has 2 heterocycles. The van der Waals surface area contributed by atoms with E-state index in [0.29, 0.717) is 38.8 Å². The molecule has 7 heteroatoms. The highest BCUT2D eigenvalue weighted by molar-refractivity contribution is 7.10. The van der Waals surface area contributed by atoms with Gasteiger partial charge in [-0.05, 0) is 61.4 Å². The second-order valence-electron chi connectivity index (χ2n) is 9.64. The number of aliphatic hydroxyl groups is 1. The third-order valence-electron chi connectivity index (χ3n) is 6.18. The Kier molecular flexibility index (Phi) is 9.95. The average molecular weight is 489 g/mol. The van der Waals surface area contributed by atoms with E-state index in [1.807, 2.05) is 22.8 Å². The minimum absolute atomic E-state index is 0.0724. The smallest absolute Gasteiger partial charge is 0.237 e. The van der Waals surface area contributed by atoms with Crippen LogP contribution < -0.4 is 4.74 Å². The van der Waals surface area contributed by atoms with Crippen LogP contribution in [0.1, 0.15) is 48.4 Å². The van der Waals surface area contributed by atoms with Gasteiger partial charge >= 0.3 is 0 Å². The largest absolute Gasteiger partial charge is 0.491 e. The fourth-order valence-electron chi connectivity index (χ4n) is 4.38. The third-order valence-corrected chi connectivity index (χ3v) is 7.18. The highest BCUT2D eigenvalue weighted by Crippen LogP contribution is 2.34. The number of hydrogen-bond donors (Lipinski definition) is 1. The molecule has 1 N–H and O–H groups in total. The molecule has 2 aromatic rings. The number of benzene rings is 1. The Labute approximate surface area is 208 Å². The fourth-order valence-corrected chi connectivity index (χ4v) is 5.31. The number of fused-ring (bicyclic) bond motifs is 1. The van der Waals surface area contributed by atoms with Crippen LogP contribution in [0.25, 0.3) is 0 Å². The van der Waals surface area contributed by atoms with Gasteiger partial charge in [0.05, 0.1) is 25.3 Å². The SMILES string of the molecule is CCN(CC(=O)N1CCc2sccc2[C@H]1COc1ccc(C)cc1C)C[C@@H](O)COCC(C)C. The number of ether oxygens (including phenoxy) is 2. The molecule has 2 atom stereocenters. The maximum Gasteiger partial charge on any atom is 0.237 e. The van der Waals surface area contributed by atoms with Crippen LogP contribution in [-0.2, 0) is 16.0 Å². The molecule has 0 unspecified atom stereocenters. The fraction of sp³-hybridized carbons (Fsp3) is 0.593. The summed E-state index contributed by atoms with van der Waals surface area (Å²) in [6, 6.07) is 8.20. The second-order valence-corrected chi connectivity index (χ2v) is 10.6. The topological polar surface area (TPSA) is 62.2 Å². The first-order chi connectivity index (χ1) is 16.3. The first kappa shape index (κ1) is 26.7. The molecule has 34 heavy (non-hydrogen) atoms. The summed E-state index contributed by atoms with van der Waals surface area (Å²) in [5, 5.41) is 12.5. The molecule has 0 saturated heterocycles. The molecule has 0 radical (unpaired) electrons. The Balaban J connectivity index is 1.64. The summed E-state index contributed by atoms with van der Waals surface area (Å²) in [6.45, 7) is 13.7. The zero-order valence-electron chi connectivity index (χ0n) is 21.3. The molecule has 0 bridgehead atoms. The van der Waals surface area contributed by atoms with Crippen molar-refractivity contribution in [2.45, 2.75) is 53.2 Å². The number of rotatable bonds is 12. The van der Waals surface area contributed by atoms with E-state index < -0.39 is 6.10 Å². The molecule has 0 saturated carbocycles. The number of likely N-dealkylation sites (N-methyl/N-ethyl adjacent to an activating group) is 1. The lowest BCUT2D eigenvalue weighted by Gasteiger charge is -2.37. The molecule has 1 aliphatic rings. The molecular weight excluding hydrogens is 448 g/mol. The van der Waals surface area contributed by atoms with Crippen molar-refractivity contribution in [1.29, 1.82) is 0 Å². The van der Waals surface area contributed by atoms with Gasteiger partial charge in [0, 0.05) is 24.6 Å². The zero-order chi connectivity index (χ0) is 24.7. The molecule has 0 aliphatic carbocycles. The van der Waals surface area contributed by atoms with Crippen LogP contribution in [0.3, 0.4) is 0 Å². The van der Waals surface area contributed by atoms with Gasteiger partial charge < -0.3 is 19.5 Å². The van der Waals surface area contributed by atoms with Gasteiger partial charge in [0.25, 0.3) is 0 Å². The Morgan fingerprint density at radius 3 is 2.76 bits per heavy atom. The van der Waals surface area contributed by atoms with E-state index in [1.54, 1.807) is 11.3 Å². The van der Waals surface area contributed by atoms with Crippen molar-refractivity contribution in [3.8, 4) is 5.75 Å². The van der Waals surface area contributed by atoms with Gasteiger partial charge in [-0.25, -0.2) is 0 Å². The first-order valence-corrected chi connectivity index (χ1v) is 13.2. The van der Waals surface area contributed by atoms with Crippen LogP contribution in [0.4, 0.5) is 0 Å². The van der Waals surface area contributed by atoms with Gasteiger partial charge in [0.2, 0.25) is 5.91 Å². The first-order valence-electron chi connectivity index (χ1n) is 12.3. The number of nitrogens with zero attached hydrogens (tertiary/aromatic N) is 2. The maximum absolute atomic E-state index is 13.4. The van der Waals surface area contributed by atoms with E-state index in [4.69, 9.17) is 9.47 Å². The minimum atomic E-state index is -0.611. The van der Waals surface area contributed by atoms with E-state index >= 15 is 0 Å². The van der Waals surface area contributed by atoms with Crippen LogP contribution in [0.5, 0.6) is 5.75 Å². The number of aryl methyl sites for hydroxylation is 2. The van der Waals surface area contributed by atoms with E-state index in [1.165, 1.54) is 16.0 Å². The van der Waals surface area contributed by atoms with Crippen LogP contribution in [0.15, 0.2) is 29.6 Å². The van der Waals surface area contributed by atoms with Crippen molar-refractivity contribution in [3.63, 3.8) is 0 Å². The molecule has 0 fully saturated rings. The molecule has 1 aliphatic heterocycles. The van der Waals surface area contributed by atoms with E-state index in [2.05, 4.69) is 51.3 Å². The highest BCUT2D eigenvalue weighted by atomic mass is 32.1. The molecular formula is C27H40N2O4S. The summed E-state index contributed by atoms with van der Waals surface area (Å²) in [5.74, 6) is 1.36. The standard InChI is InChI=1S/C27H40N2O4S/c1-6-28(14-22(30)17-32-16-19(2)3)15-27(31)29-11-9-26-23(10-12-34-26)24(29)18-33-25-8-7-20(4)13-21(25)5/h7-8,10,12-13,19,22,24,30H,6,9,11,14-18H2,1-5H3/t22-,24-/m1/s1. The van der Waals surface area contributed by atoms with Gasteiger partial charge in [-0.1, -0.05) is 38.5 Å². The lowest BCUT2D eigenvalue weighted by atomic mass is 10.00. The van der Waals surface area contributed by atoms with Crippen molar-refractivity contribution in [3.05, 3.63) is 51.2 Å². The van der Waals surface area contributed by atoms with Crippen molar-refractivity contribution < 1.29 is 19.4 Å². The number of aliphatic hydroxyl groups excluding tert-OH is 1. The molecule has 188 valence electrons. The molecule has 1 aromatic carbocycles. The van der Waals surface area contributed by atoms with Crippen LogP contribution in [0, 0.1) is 19.8 Å². The van der Waals surface area contributed by atoms with Gasteiger partial charge in [-0.3, -0.25) is 9.69 Å². The van der Waals surface area contributed by atoms with Gasteiger partial charge in [0.1, 0.15) is 12.4 Å². The number of carbonyl (C=O) groups is 1. The summed E-state index contributed by atoms with van der Waals surface area (Å²) < 4.78 is 11.8. The Bertz CT molecular complexity index is 929. The quantitative estimate of drug-likeness (QED) is 0.485. The van der Waals surface area contributed by atoms with Crippen molar-refractivity contribution in [2.75, 3.05) is 46.0 Å². The van der Waals surface area contributed by atoms with Crippen LogP contribution in [-0.4, -0.2) is 72.9 Å². The zero-order valence-corrected chi connectivity index (χ0v) is 22.1. The lowest BCUT2D eigenvalue weighted by molar-refractivity contribution is -0.136. The number of carbonyl (C=O) groups excluding carboxylic acids is 1. The molecule has 0 spiro atoms.